The van der Waals surface area contributed by atoms with E-state index in [2.05, 4.69) is 49.6 Å². The van der Waals surface area contributed by atoms with Crippen molar-refractivity contribution in [1.82, 2.24) is 29.9 Å². The van der Waals surface area contributed by atoms with Crippen molar-refractivity contribution in [3.63, 3.8) is 0 Å². The third kappa shape index (κ3) is 6.41. The van der Waals surface area contributed by atoms with Crippen molar-refractivity contribution in [2.45, 2.75) is 58.2 Å². The molecule has 2 fully saturated rings. The van der Waals surface area contributed by atoms with Gasteiger partial charge in [-0.2, -0.15) is 0 Å². The van der Waals surface area contributed by atoms with Crippen LogP contribution in [0.15, 0.2) is 35.3 Å². The molecule has 8 heteroatoms. The molecule has 7 nitrogen and oxygen atoms in total. The standard InChI is InChI=1S/C23H35N7.HI/c1-19-26-27-22(28(19)2)18-25-23(24-17-20-9-5-3-6-10-20)30-15-13-29(14-16-30)21-11-7-4-8-12-21;/h3,5-6,9-10,21H,4,7-8,11-18H2,1-2H3,(H,24,25);1H. The second kappa shape index (κ2) is 11.8. The van der Waals surface area contributed by atoms with E-state index in [0.29, 0.717) is 13.1 Å². The van der Waals surface area contributed by atoms with Gasteiger partial charge in [0.05, 0.1) is 13.1 Å². The van der Waals surface area contributed by atoms with Crippen LogP contribution in [0, 0.1) is 6.92 Å². The number of aryl methyl sites for hydroxylation is 1. The zero-order valence-electron chi connectivity index (χ0n) is 18.8. The number of aromatic nitrogens is 3. The Labute approximate surface area is 203 Å². The summed E-state index contributed by atoms with van der Waals surface area (Å²) in [6.07, 6.45) is 6.95. The zero-order valence-corrected chi connectivity index (χ0v) is 21.2. The molecule has 1 N–H and O–H groups in total. The average Bonchev–Trinajstić information content (AvgIpc) is 3.13. The third-order valence-corrected chi connectivity index (χ3v) is 6.55. The van der Waals surface area contributed by atoms with Crippen LogP contribution >= 0.6 is 24.0 Å². The Morgan fingerprint density at radius 3 is 2.39 bits per heavy atom. The Morgan fingerprint density at radius 1 is 1.03 bits per heavy atom. The van der Waals surface area contributed by atoms with Crippen molar-refractivity contribution in [2.24, 2.45) is 12.0 Å². The van der Waals surface area contributed by atoms with Crippen LogP contribution in [0.4, 0.5) is 0 Å². The van der Waals surface area contributed by atoms with Crippen LogP contribution in [-0.2, 0) is 20.1 Å². The van der Waals surface area contributed by atoms with E-state index >= 15 is 0 Å². The summed E-state index contributed by atoms with van der Waals surface area (Å²) in [6, 6.07) is 11.3. The second-order valence-corrected chi connectivity index (χ2v) is 8.52. The Kier molecular flexibility index (Phi) is 9.13. The number of nitrogens with one attached hydrogen (secondary N) is 1. The molecule has 0 unspecified atom stereocenters. The highest BCUT2D eigenvalue weighted by atomic mass is 127. The van der Waals surface area contributed by atoms with Crippen molar-refractivity contribution in [3.05, 3.63) is 47.5 Å². The second-order valence-electron chi connectivity index (χ2n) is 8.52. The first kappa shape index (κ1) is 24.0. The molecule has 2 aromatic rings. The van der Waals surface area contributed by atoms with E-state index < -0.39 is 0 Å². The lowest BCUT2D eigenvalue weighted by atomic mass is 9.94. The van der Waals surface area contributed by atoms with E-state index in [1.807, 2.05) is 24.6 Å². The molecule has 31 heavy (non-hydrogen) atoms. The largest absolute Gasteiger partial charge is 0.349 e. The number of hydrogen-bond donors (Lipinski definition) is 1. The summed E-state index contributed by atoms with van der Waals surface area (Å²) in [6.45, 7) is 7.59. The molecule has 1 saturated heterocycles. The minimum Gasteiger partial charge on any atom is -0.349 e. The molecule has 4 rings (SSSR count). The normalized spacial score (nSPS) is 18.6. The predicted molar refractivity (Wildman–Crippen MR) is 136 cm³/mol. The Morgan fingerprint density at radius 2 is 1.74 bits per heavy atom. The highest BCUT2D eigenvalue weighted by molar-refractivity contribution is 14.0. The minimum atomic E-state index is 0. The van der Waals surface area contributed by atoms with Gasteiger partial charge in [-0.05, 0) is 25.3 Å². The average molecular weight is 537 g/mol. The van der Waals surface area contributed by atoms with Crippen molar-refractivity contribution in [2.75, 3.05) is 26.2 Å². The molecule has 170 valence electrons. The summed E-state index contributed by atoms with van der Waals surface area (Å²) in [4.78, 5) is 10.1. The molecule has 0 spiro atoms. The number of guanidine groups is 1. The topological polar surface area (TPSA) is 61.6 Å². The summed E-state index contributed by atoms with van der Waals surface area (Å²) in [5.41, 5.74) is 1.23. The number of benzene rings is 1. The quantitative estimate of drug-likeness (QED) is 0.360. The van der Waals surface area contributed by atoms with Gasteiger partial charge in [0.1, 0.15) is 5.82 Å². The van der Waals surface area contributed by atoms with Gasteiger partial charge in [-0.3, -0.25) is 4.90 Å². The molecule has 1 aliphatic heterocycles. The fraction of sp³-hybridized carbons (Fsp3) is 0.609. The lowest BCUT2D eigenvalue weighted by Crippen LogP contribution is -2.55. The van der Waals surface area contributed by atoms with Crippen LogP contribution in [0.1, 0.15) is 49.3 Å². The van der Waals surface area contributed by atoms with Crippen LogP contribution in [0.3, 0.4) is 0 Å². The molecule has 2 heterocycles. The molecule has 0 radical (unpaired) electrons. The molecular formula is C23H36IN7. The van der Waals surface area contributed by atoms with Crippen LogP contribution in [0.25, 0.3) is 0 Å². The molecule has 1 saturated carbocycles. The summed E-state index contributed by atoms with van der Waals surface area (Å²) >= 11 is 0. The molecule has 0 amide bonds. The SMILES string of the molecule is Cc1nnc(CNC(=NCc2ccccc2)N2CCN(C3CCCCC3)CC2)n1C.I. The Bertz CT molecular complexity index is 822. The predicted octanol–water partition coefficient (Wildman–Crippen LogP) is 3.34. The van der Waals surface area contributed by atoms with E-state index in [0.717, 1.165) is 49.8 Å². The first-order valence-electron chi connectivity index (χ1n) is 11.4. The maximum Gasteiger partial charge on any atom is 0.194 e. The first-order valence-corrected chi connectivity index (χ1v) is 11.4. The molecular weight excluding hydrogens is 501 g/mol. The van der Waals surface area contributed by atoms with Crippen molar-refractivity contribution >= 4 is 29.9 Å². The highest BCUT2D eigenvalue weighted by Gasteiger charge is 2.26. The Hall–Kier alpha value is -1.68. The molecule has 2 aliphatic rings. The van der Waals surface area contributed by atoms with Gasteiger partial charge in [0.2, 0.25) is 0 Å². The van der Waals surface area contributed by atoms with Gasteiger partial charge >= 0.3 is 0 Å². The van der Waals surface area contributed by atoms with Crippen LogP contribution < -0.4 is 5.32 Å². The van der Waals surface area contributed by atoms with Gasteiger partial charge in [-0.1, -0.05) is 49.6 Å². The summed E-state index contributed by atoms with van der Waals surface area (Å²) < 4.78 is 2.03. The number of rotatable bonds is 5. The van der Waals surface area contributed by atoms with E-state index in [-0.39, 0.29) is 24.0 Å². The van der Waals surface area contributed by atoms with Gasteiger partial charge in [0, 0.05) is 39.3 Å². The number of aliphatic imine (C=N–C) groups is 1. The number of halogens is 1. The van der Waals surface area contributed by atoms with Gasteiger partial charge in [0.25, 0.3) is 0 Å². The number of hydrogen-bond acceptors (Lipinski definition) is 4. The summed E-state index contributed by atoms with van der Waals surface area (Å²) in [5, 5.41) is 12.0. The van der Waals surface area contributed by atoms with Crippen molar-refractivity contribution < 1.29 is 0 Å². The lowest BCUT2D eigenvalue weighted by Gasteiger charge is -2.41. The maximum atomic E-state index is 4.96. The van der Waals surface area contributed by atoms with Crippen LogP contribution in [-0.4, -0.2) is 62.7 Å². The van der Waals surface area contributed by atoms with E-state index in [1.54, 1.807) is 0 Å². The molecule has 1 aliphatic carbocycles. The van der Waals surface area contributed by atoms with Crippen molar-refractivity contribution in [1.29, 1.82) is 0 Å². The lowest BCUT2D eigenvalue weighted by molar-refractivity contribution is 0.106. The van der Waals surface area contributed by atoms with Crippen LogP contribution in [0.5, 0.6) is 0 Å². The maximum absolute atomic E-state index is 4.96. The van der Waals surface area contributed by atoms with Crippen LogP contribution in [0.2, 0.25) is 0 Å². The monoisotopic (exact) mass is 537 g/mol. The smallest absolute Gasteiger partial charge is 0.194 e. The third-order valence-electron chi connectivity index (χ3n) is 6.55. The van der Waals surface area contributed by atoms with E-state index in [4.69, 9.17) is 4.99 Å². The molecule has 0 bridgehead atoms. The highest BCUT2D eigenvalue weighted by Crippen LogP contribution is 2.23. The summed E-state index contributed by atoms with van der Waals surface area (Å²) in [5.74, 6) is 2.83. The Balaban J connectivity index is 0.00000272. The van der Waals surface area contributed by atoms with Gasteiger partial charge in [0.15, 0.2) is 11.8 Å². The van der Waals surface area contributed by atoms with Gasteiger partial charge in [-0.15, -0.1) is 34.2 Å². The fourth-order valence-electron chi connectivity index (χ4n) is 4.53. The summed E-state index contributed by atoms with van der Waals surface area (Å²) in [7, 11) is 2.01. The minimum absolute atomic E-state index is 0. The van der Waals surface area contributed by atoms with E-state index in [9.17, 15) is 0 Å². The van der Waals surface area contributed by atoms with Gasteiger partial charge < -0.3 is 14.8 Å². The fourth-order valence-corrected chi connectivity index (χ4v) is 4.53. The first-order chi connectivity index (χ1) is 14.7. The molecule has 1 aromatic carbocycles. The van der Waals surface area contributed by atoms with Crippen molar-refractivity contribution in [3.8, 4) is 0 Å². The molecule has 1 aromatic heterocycles. The number of nitrogens with zero attached hydrogens (tertiary/aromatic N) is 6. The van der Waals surface area contributed by atoms with Gasteiger partial charge in [-0.25, -0.2) is 4.99 Å². The molecule has 0 atom stereocenters. The zero-order chi connectivity index (χ0) is 20.8. The van der Waals surface area contributed by atoms with E-state index in [1.165, 1.54) is 37.7 Å². The number of piperazine rings is 1.